The highest BCUT2D eigenvalue weighted by molar-refractivity contribution is 7.89. The van der Waals surface area contributed by atoms with Gasteiger partial charge in [0.15, 0.2) is 0 Å². The number of nitrogens with zero attached hydrogens (tertiary/aromatic N) is 1. The maximum atomic E-state index is 12.0. The van der Waals surface area contributed by atoms with E-state index in [4.69, 9.17) is 5.02 Å². The summed E-state index contributed by atoms with van der Waals surface area (Å²) in [5.74, 6) is -0.496. The number of benzene rings is 1. The van der Waals surface area contributed by atoms with Crippen LogP contribution >= 0.6 is 0 Å². The normalized spacial score (nSPS) is 19.1. The van der Waals surface area contributed by atoms with Gasteiger partial charge in [-0.25, -0.2) is 13.1 Å². The summed E-state index contributed by atoms with van der Waals surface area (Å²) in [5.41, 5.74) is 0. The third-order valence-corrected chi connectivity index (χ3v) is 4.79. The van der Waals surface area contributed by atoms with Gasteiger partial charge in [-0.1, -0.05) is 18.2 Å². The first-order valence-corrected chi connectivity index (χ1v) is 7.98. The summed E-state index contributed by atoms with van der Waals surface area (Å²) in [6, 6.07) is 7.91. The largest absolute Gasteiger partial charge is 0.452 e. The van der Waals surface area contributed by atoms with E-state index in [1.807, 2.05) is 0 Å². The Hall–Kier alpha value is -1.38. The van der Waals surface area contributed by atoms with Crippen molar-refractivity contribution in [2.75, 3.05) is 13.1 Å². The zero-order chi connectivity index (χ0) is 14.6. The van der Waals surface area contributed by atoms with Gasteiger partial charge in [-0.05, 0) is 25.0 Å². The molecule has 1 unspecified atom stereocenters. The molecule has 0 aliphatic carbocycles. The molecule has 1 saturated heterocycles. The van der Waals surface area contributed by atoms with Crippen molar-refractivity contribution in [3.63, 3.8) is 0 Å². The number of rotatable bonds is 5. The van der Waals surface area contributed by atoms with E-state index in [-0.39, 0.29) is 30.8 Å². The molecule has 0 bridgehead atoms. The third kappa shape index (κ3) is 3.39. The summed E-state index contributed by atoms with van der Waals surface area (Å²) < 4.78 is 26.2. The summed E-state index contributed by atoms with van der Waals surface area (Å²) in [5, 5.41) is 9.16. The van der Waals surface area contributed by atoms with Gasteiger partial charge in [0, 0.05) is 12.5 Å². The number of sulfonamides is 1. The minimum absolute atomic E-state index is 0.0861. The summed E-state index contributed by atoms with van der Waals surface area (Å²) in [6.45, 7) is 0.283. The molecule has 1 aliphatic rings. The first-order chi connectivity index (χ1) is 9.54. The number of carbonyl (C=O) groups is 1. The molecule has 0 saturated carbocycles. The molecular formula is C12H17BN2O4S. The first kappa shape index (κ1) is 15.0. The summed E-state index contributed by atoms with van der Waals surface area (Å²) in [4.78, 5) is 13.6. The van der Waals surface area contributed by atoms with Gasteiger partial charge in [0.25, 0.3) is 7.48 Å². The van der Waals surface area contributed by atoms with E-state index in [1.54, 1.807) is 18.2 Å². The lowest BCUT2D eigenvalue weighted by atomic mass is 9.86. The zero-order valence-corrected chi connectivity index (χ0v) is 11.8. The van der Waals surface area contributed by atoms with Crippen LogP contribution in [0.2, 0.25) is 0 Å². The molecule has 1 aliphatic heterocycles. The molecule has 1 aromatic carbocycles. The van der Waals surface area contributed by atoms with Crippen molar-refractivity contribution in [1.82, 2.24) is 9.62 Å². The zero-order valence-electron chi connectivity index (χ0n) is 11.0. The fourth-order valence-electron chi connectivity index (χ4n) is 2.30. The molecule has 1 aromatic rings. The Labute approximate surface area is 119 Å². The topological polar surface area (TPSA) is 86.7 Å². The molecule has 20 heavy (non-hydrogen) atoms. The van der Waals surface area contributed by atoms with Gasteiger partial charge in [0.2, 0.25) is 15.9 Å². The van der Waals surface area contributed by atoms with Gasteiger partial charge >= 0.3 is 0 Å². The molecule has 0 spiro atoms. The lowest BCUT2D eigenvalue weighted by Gasteiger charge is -2.22. The highest BCUT2D eigenvalue weighted by Gasteiger charge is 2.29. The van der Waals surface area contributed by atoms with E-state index in [1.165, 1.54) is 17.0 Å². The second kappa shape index (κ2) is 6.38. The van der Waals surface area contributed by atoms with Crippen LogP contribution in [-0.2, 0) is 14.8 Å². The van der Waals surface area contributed by atoms with Crippen molar-refractivity contribution >= 4 is 23.4 Å². The number of nitrogens with one attached hydrogen (secondary N) is 1. The minimum Gasteiger partial charge on any atom is -0.452 e. The molecule has 8 heteroatoms. The van der Waals surface area contributed by atoms with Crippen molar-refractivity contribution in [1.29, 1.82) is 0 Å². The van der Waals surface area contributed by atoms with Gasteiger partial charge in [-0.3, -0.25) is 4.79 Å². The van der Waals surface area contributed by atoms with Crippen molar-refractivity contribution in [2.24, 2.45) is 0 Å². The van der Waals surface area contributed by atoms with Crippen LogP contribution < -0.4 is 4.72 Å². The molecule has 1 amide bonds. The van der Waals surface area contributed by atoms with Crippen LogP contribution in [-0.4, -0.2) is 50.8 Å². The minimum atomic E-state index is -3.67. The highest BCUT2D eigenvalue weighted by atomic mass is 32.2. The van der Waals surface area contributed by atoms with Crippen LogP contribution in [0.1, 0.15) is 12.8 Å². The average Bonchev–Trinajstić information content (AvgIpc) is 2.94. The van der Waals surface area contributed by atoms with Gasteiger partial charge in [0.05, 0.1) is 11.4 Å². The summed E-state index contributed by atoms with van der Waals surface area (Å²) in [7, 11) is -3.76. The van der Waals surface area contributed by atoms with Gasteiger partial charge in [0.1, 0.15) is 0 Å². The van der Waals surface area contributed by atoms with Crippen LogP contribution in [0.3, 0.4) is 0 Å². The Morgan fingerprint density at radius 1 is 1.40 bits per heavy atom. The van der Waals surface area contributed by atoms with Crippen LogP contribution in [0.4, 0.5) is 0 Å². The van der Waals surface area contributed by atoms with Crippen LogP contribution in [0.15, 0.2) is 35.2 Å². The van der Waals surface area contributed by atoms with E-state index in [2.05, 4.69) is 4.72 Å². The number of carbonyl (C=O) groups excluding carboxylic acids is 1. The van der Waals surface area contributed by atoms with Gasteiger partial charge in [-0.15, -0.1) is 0 Å². The van der Waals surface area contributed by atoms with Crippen LogP contribution in [0.5, 0.6) is 0 Å². The fourth-order valence-corrected chi connectivity index (χ4v) is 3.29. The summed E-state index contributed by atoms with van der Waals surface area (Å²) >= 11 is 0. The maximum Gasteiger partial charge on any atom is 0.293 e. The molecule has 1 atom stereocenters. The van der Waals surface area contributed by atoms with Crippen molar-refractivity contribution in [2.45, 2.75) is 23.7 Å². The number of likely N-dealkylation sites (tertiary alicyclic amines) is 1. The Morgan fingerprint density at radius 2 is 2.10 bits per heavy atom. The number of hydrogen-bond acceptors (Lipinski definition) is 4. The maximum absolute atomic E-state index is 12.0. The highest BCUT2D eigenvalue weighted by Crippen LogP contribution is 2.15. The fraction of sp³-hybridized carbons (Fsp3) is 0.417. The molecule has 1 fully saturated rings. The second-order valence-corrected chi connectivity index (χ2v) is 6.47. The van der Waals surface area contributed by atoms with E-state index in [0.717, 1.165) is 12.8 Å². The van der Waals surface area contributed by atoms with E-state index < -0.39 is 10.0 Å². The predicted octanol–water partition coefficient (Wildman–Crippen LogP) is -0.743. The summed E-state index contributed by atoms with van der Waals surface area (Å²) in [6.07, 6.45) is 1.59. The quantitative estimate of drug-likeness (QED) is 0.701. The molecule has 108 valence electrons. The van der Waals surface area contributed by atoms with E-state index >= 15 is 0 Å². The van der Waals surface area contributed by atoms with Crippen LogP contribution in [0, 0.1) is 0 Å². The van der Waals surface area contributed by atoms with Crippen molar-refractivity contribution in [3.05, 3.63) is 30.3 Å². The molecule has 2 rings (SSSR count). The van der Waals surface area contributed by atoms with Crippen LogP contribution in [0.25, 0.3) is 0 Å². The lowest BCUT2D eigenvalue weighted by Crippen LogP contribution is -2.44. The predicted molar refractivity (Wildman–Crippen MR) is 75.7 cm³/mol. The van der Waals surface area contributed by atoms with E-state index in [9.17, 15) is 13.2 Å². The van der Waals surface area contributed by atoms with Crippen molar-refractivity contribution < 1.29 is 18.2 Å². The third-order valence-electron chi connectivity index (χ3n) is 3.38. The first-order valence-electron chi connectivity index (χ1n) is 6.49. The standard InChI is InChI=1S/C12H17BN2O4S/c16-12(15-8-4-7-11(15)13-17)9-14-20(18,19)10-5-2-1-3-6-10/h1-3,5-6,11,13-14,17H,4,7-9H2. The molecule has 0 radical (unpaired) electrons. The van der Waals surface area contributed by atoms with Crippen molar-refractivity contribution in [3.8, 4) is 0 Å². The monoisotopic (exact) mass is 296 g/mol. The van der Waals surface area contributed by atoms with Gasteiger partial charge in [-0.2, -0.15) is 0 Å². The molecular weight excluding hydrogens is 279 g/mol. The second-order valence-electron chi connectivity index (χ2n) is 4.70. The Kier molecular flexibility index (Phi) is 4.79. The molecule has 6 nitrogen and oxygen atoms in total. The van der Waals surface area contributed by atoms with Gasteiger partial charge < -0.3 is 9.92 Å². The molecule has 0 aromatic heterocycles. The smallest absolute Gasteiger partial charge is 0.293 e. The molecule has 1 heterocycles. The Bertz CT molecular complexity index is 564. The van der Waals surface area contributed by atoms with E-state index in [0.29, 0.717) is 6.54 Å². The SMILES string of the molecule is O=C(CNS(=O)(=O)c1ccccc1)N1CCCC1BO. The average molecular weight is 296 g/mol. The number of hydrogen-bond donors (Lipinski definition) is 2. The Morgan fingerprint density at radius 3 is 2.75 bits per heavy atom. The Balaban J connectivity index is 1.97. The lowest BCUT2D eigenvalue weighted by molar-refractivity contribution is -0.129. The molecule has 2 N–H and O–H groups in total. The number of amides is 1.